The number of methoxy groups -OCH3 is 2. The second-order valence-corrected chi connectivity index (χ2v) is 2.60. The fourth-order valence-corrected chi connectivity index (χ4v) is 1.10. The maximum atomic E-state index is 10.3. The Kier molecular flexibility index (Phi) is 3.73. The van der Waals surface area contributed by atoms with E-state index in [0.29, 0.717) is 12.0 Å². The summed E-state index contributed by atoms with van der Waals surface area (Å²) >= 11 is 0. The maximum Gasteiger partial charge on any atom is 0.146 e. The fourth-order valence-electron chi connectivity index (χ4n) is 1.10. The van der Waals surface area contributed by atoms with Crippen molar-refractivity contribution < 1.29 is 14.3 Å². The molecule has 0 spiro atoms. The van der Waals surface area contributed by atoms with Gasteiger partial charge in [0.25, 0.3) is 0 Å². The highest BCUT2D eigenvalue weighted by Crippen LogP contribution is 2.18. The average Bonchev–Trinajstić information content (AvgIpc) is 2.26. The first kappa shape index (κ1) is 10.3. The molecular formula is C11H12O3. The van der Waals surface area contributed by atoms with Crippen LogP contribution in [0.5, 0.6) is 5.75 Å². The van der Waals surface area contributed by atoms with Gasteiger partial charge in [-0.2, -0.15) is 0 Å². The van der Waals surface area contributed by atoms with Gasteiger partial charge in [-0.05, 0) is 24.3 Å². The Morgan fingerprint density at radius 3 is 2.29 bits per heavy atom. The van der Waals surface area contributed by atoms with Crippen molar-refractivity contribution in [1.29, 1.82) is 0 Å². The molecule has 0 radical (unpaired) electrons. The zero-order valence-corrected chi connectivity index (χ0v) is 8.19. The van der Waals surface area contributed by atoms with Gasteiger partial charge in [-0.1, -0.05) is 0 Å². The Bertz CT molecular complexity index is 325. The molecule has 1 aromatic rings. The molecule has 3 heteroatoms. The minimum absolute atomic E-state index is 0.544. The Morgan fingerprint density at radius 1 is 1.21 bits per heavy atom. The van der Waals surface area contributed by atoms with E-state index in [1.54, 1.807) is 7.11 Å². The Morgan fingerprint density at radius 2 is 1.86 bits per heavy atom. The van der Waals surface area contributed by atoms with Crippen molar-refractivity contribution >= 4 is 12.0 Å². The van der Waals surface area contributed by atoms with Crippen molar-refractivity contribution in [3.05, 3.63) is 35.9 Å². The van der Waals surface area contributed by atoms with E-state index in [9.17, 15) is 4.79 Å². The summed E-state index contributed by atoms with van der Waals surface area (Å²) in [5, 5.41) is 0. The van der Waals surface area contributed by atoms with Crippen LogP contribution in [0.2, 0.25) is 0 Å². The molecule has 0 atom stereocenters. The van der Waals surface area contributed by atoms with Gasteiger partial charge in [0.15, 0.2) is 0 Å². The zero-order chi connectivity index (χ0) is 10.4. The molecule has 0 N–H and O–H groups in total. The highest BCUT2D eigenvalue weighted by atomic mass is 16.5. The van der Waals surface area contributed by atoms with Crippen LogP contribution in [0.1, 0.15) is 5.56 Å². The van der Waals surface area contributed by atoms with Crippen LogP contribution < -0.4 is 4.74 Å². The third-order valence-electron chi connectivity index (χ3n) is 1.81. The summed E-state index contributed by atoms with van der Waals surface area (Å²) in [7, 11) is 3.13. The van der Waals surface area contributed by atoms with Gasteiger partial charge in [-0.3, -0.25) is 4.79 Å². The third kappa shape index (κ3) is 2.36. The van der Waals surface area contributed by atoms with Crippen LogP contribution in [-0.4, -0.2) is 20.5 Å². The Labute approximate surface area is 83.0 Å². The van der Waals surface area contributed by atoms with Crippen LogP contribution >= 0.6 is 0 Å². The molecule has 0 fully saturated rings. The third-order valence-corrected chi connectivity index (χ3v) is 1.81. The predicted octanol–water partition coefficient (Wildman–Crippen LogP) is 1.88. The van der Waals surface area contributed by atoms with Crippen molar-refractivity contribution in [2.24, 2.45) is 0 Å². The van der Waals surface area contributed by atoms with Crippen LogP contribution in [0, 0.1) is 0 Å². The number of ether oxygens (including phenoxy) is 2. The minimum atomic E-state index is 0.544. The van der Waals surface area contributed by atoms with E-state index in [-0.39, 0.29) is 0 Å². The number of carbonyl (C=O) groups excluding carboxylic acids is 1. The maximum absolute atomic E-state index is 10.3. The van der Waals surface area contributed by atoms with E-state index >= 15 is 0 Å². The summed E-state index contributed by atoms with van der Waals surface area (Å²) in [6.07, 6.45) is 2.07. The topological polar surface area (TPSA) is 35.5 Å². The van der Waals surface area contributed by atoms with E-state index in [0.717, 1.165) is 11.3 Å². The molecule has 14 heavy (non-hydrogen) atoms. The molecule has 0 aliphatic carbocycles. The lowest BCUT2D eigenvalue weighted by Crippen LogP contribution is -1.89. The Balaban J connectivity index is 2.95. The monoisotopic (exact) mass is 192 g/mol. The van der Waals surface area contributed by atoms with Crippen molar-refractivity contribution in [1.82, 2.24) is 0 Å². The lowest BCUT2D eigenvalue weighted by molar-refractivity contribution is -0.104. The van der Waals surface area contributed by atoms with Gasteiger partial charge in [0.05, 0.1) is 14.2 Å². The summed E-state index contributed by atoms with van der Waals surface area (Å²) in [6, 6.07) is 7.29. The van der Waals surface area contributed by atoms with Crippen molar-refractivity contribution in [3.63, 3.8) is 0 Å². The molecule has 0 aromatic heterocycles. The summed E-state index contributed by atoms with van der Waals surface area (Å²) in [5.74, 6) is 1.32. The van der Waals surface area contributed by atoms with Gasteiger partial charge < -0.3 is 9.47 Å². The van der Waals surface area contributed by atoms with Crippen LogP contribution in [0.4, 0.5) is 0 Å². The molecule has 0 unspecified atom stereocenters. The molecule has 0 heterocycles. The molecule has 0 amide bonds. The molecule has 1 rings (SSSR count). The van der Waals surface area contributed by atoms with Gasteiger partial charge in [0.1, 0.15) is 17.8 Å². The van der Waals surface area contributed by atoms with Gasteiger partial charge in [-0.15, -0.1) is 0 Å². The number of hydrogen-bond acceptors (Lipinski definition) is 3. The Hall–Kier alpha value is -1.77. The SMILES string of the molecule is CO/C(=C/C=O)c1ccc(OC)cc1. The normalized spacial score (nSPS) is 10.9. The number of carbonyl (C=O) groups is 1. The van der Waals surface area contributed by atoms with Gasteiger partial charge in [-0.25, -0.2) is 0 Å². The molecule has 0 saturated heterocycles. The molecule has 0 aliphatic rings. The van der Waals surface area contributed by atoms with E-state index in [4.69, 9.17) is 9.47 Å². The summed E-state index contributed by atoms with van der Waals surface area (Å²) in [4.78, 5) is 10.3. The van der Waals surface area contributed by atoms with Gasteiger partial charge >= 0.3 is 0 Å². The summed E-state index contributed by atoms with van der Waals surface area (Å²) in [6.45, 7) is 0. The second-order valence-electron chi connectivity index (χ2n) is 2.60. The first-order valence-corrected chi connectivity index (χ1v) is 4.15. The zero-order valence-electron chi connectivity index (χ0n) is 8.19. The van der Waals surface area contributed by atoms with Gasteiger partial charge in [0.2, 0.25) is 0 Å². The van der Waals surface area contributed by atoms with Crippen molar-refractivity contribution in [3.8, 4) is 5.75 Å². The first-order chi connectivity index (χ1) is 6.81. The van der Waals surface area contributed by atoms with Crippen LogP contribution in [-0.2, 0) is 9.53 Å². The van der Waals surface area contributed by atoms with E-state index in [1.807, 2.05) is 24.3 Å². The number of rotatable bonds is 4. The summed E-state index contributed by atoms with van der Waals surface area (Å²) < 4.78 is 10.1. The molecular weight excluding hydrogens is 180 g/mol. The predicted molar refractivity (Wildman–Crippen MR) is 54.0 cm³/mol. The van der Waals surface area contributed by atoms with Gasteiger partial charge in [0, 0.05) is 11.6 Å². The standard InChI is InChI=1S/C11H12O3/c1-13-10-5-3-9(4-6-10)11(14-2)7-8-12/h3-8H,1-2H3/b11-7+. The van der Waals surface area contributed by atoms with Crippen molar-refractivity contribution in [2.75, 3.05) is 14.2 Å². The molecule has 0 saturated carbocycles. The lowest BCUT2D eigenvalue weighted by Gasteiger charge is -2.05. The number of aldehydes is 1. The first-order valence-electron chi connectivity index (χ1n) is 4.15. The number of allylic oxidation sites excluding steroid dienone is 1. The molecule has 3 nitrogen and oxygen atoms in total. The number of benzene rings is 1. The van der Waals surface area contributed by atoms with Crippen LogP contribution in [0.15, 0.2) is 30.3 Å². The van der Waals surface area contributed by atoms with Crippen LogP contribution in [0.3, 0.4) is 0 Å². The smallest absolute Gasteiger partial charge is 0.146 e. The fraction of sp³-hybridized carbons (Fsp3) is 0.182. The molecule has 0 bridgehead atoms. The lowest BCUT2D eigenvalue weighted by atomic mass is 10.2. The molecule has 74 valence electrons. The van der Waals surface area contributed by atoms with Crippen LogP contribution in [0.25, 0.3) is 5.76 Å². The number of hydrogen-bond donors (Lipinski definition) is 0. The van der Waals surface area contributed by atoms with E-state index in [1.165, 1.54) is 13.2 Å². The summed E-state index contributed by atoms with van der Waals surface area (Å²) in [5.41, 5.74) is 0.848. The highest BCUT2D eigenvalue weighted by Gasteiger charge is 2.00. The quantitative estimate of drug-likeness (QED) is 0.415. The molecule has 0 aliphatic heterocycles. The largest absolute Gasteiger partial charge is 0.497 e. The molecule has 1 aromatic carbocycles. The van der Waals surface area contributed by atoms with Crippen molar-refractivity contribution in [2.45, 2.75) is 0 Å². The highest BCUT2D eigenvalue weighted by molar-refractivity contribution is 5.78. The average molecular weight is 192 g/mol. The van der Waals surface area contributed by atoms with E-state index < -0.39 is 0 Å². The minimum Gasteiger partial charge on any atom is -0.497 e. The van der Waals surface area contributed by atoms with E-state index in [2.05, 4.69) is 0 Å². The second kappa shape index (κ2) is 5.07.